The van der Waals surface area contributed by atoms with E-state index in [-0.39, 0.29) is 0 Å². The van der Waals surface area contributed by atoms with Crippen molar-refractivity contribution >= 4 is 214 Å². The first-order valence-corrected chi connectivity index (χ1v) is 43.0. The molecule has 0 radical (unpaired) electrons. The fraction of sp³-hybridized carbons (Fsp3) is 0. The third-order valence-corrected chi connectivity index (χ3v) is 25.3. The van der Waals surface area contributed by atoms with E-state index < -0.39 is 0 Å². The first-order valence-electron chi connectivity index (χ1n) is 43.0. The van der Waals surface area contributed by atoms with Crippen LogP contribution >= 0.6 is 0 Å². The Hall–Kier alpha value is -16.8. The standard InChI is InChI=1S/2C42H27NO.C36H23NO/c1-3-15-32-28(11-1)13-9-20-33(32)30-23-25-31(26-24-30)43(39-21-10-14-29-12-2-4-16-34(29)39)40-27-38-36-18-7-8-22-41(36)44-42(38)37-19-6-5-17-35(37)40;1-2-11-28(12-3-1)30-21-22-32-26-33(24-23-31(32)25-30)43(39-19-10-14-29-13-4-5-15-34(29)39)40-27-38-36-17-8-9-20-41(36)44-42(38)37-18-7-6-16-35(37)40;1-3-15-26-24(11-1)13-9-20-32(26)37(33-21-10-14-25-12-2-4-16-27(25)33)34-23-31-29-18-7-8-22-35(29)38-36(31)30-19-6-5-17-28(30)34/h2*1-27H;1-23H. The van der Waals surface area contributed by atoms with Crippen molar-refractivity contribution in [3.63, 3.8) is 0 Å². The molecule has 0 saturated carbocycles. The van der Waals surface area contributed by atoms with Gasteiger partial charge in [0.1, 0.15) is 33.5 Å². The number of furan rings is 3. The van der Waals surface area contributed by atoms with Crippen molar-refractivity contribution < 1.29 is 13.3 Å². The summed E-state index contributed by atoms with van der Waals surface area (Å²) in [4.78, 5) is 7.28. The highest BCUT2D eigenvalue weighted by atomic mass is 16.3. The highest BCUT2D eigenvalue weighted by molar-refractivity contribution is 6.24. The topological polar surface area (TPSA) is 49.1 Å². The van der Waals surface area contributed by atoms with Gasteiger partial charge in [-0.2, -0.15) is 0 Å². The van der Waals surface area contributed by atoms with E-state index in [1.807, 2.05) is 18.2 Å². The number of hydrogen-bond acceptors (Lipinski definition) is 6. The fourth-order valence-corrected chi connectivity index (χ4v) is 19.4. The van der Waals surface area contributed by atoms with Gasteiger partial charge < -0.3 is 28.0 Å². The van der Waals surface area contributed by atoms with Crippen LogP contribution in [0.25, 0.3) is 185 Å². The Kier molecular flexibility index (Phi) is 17.8. The van der Waals surface area contributed by atoms with Crippen molar-refractivity contribution in [3.05, 3.63) is 467 Å². The largest absolute Gasteiger partial charge is 0.455 e. The number of benzene rings is 23. The molecule has 0 bridgehead atoms. The SMILES string of the molecule is c1ccc(-c2ccc3cc(N(c4cccc5ccccc45)c4cc5c6ccccc6oc5c5ccccc45)ccc3c2)cc1.c1ccc2c(-c3ccc(N(c4cccc5ccccc45)c4cc5c6ccccc6oc5c5ccccc45)cc3)cccc2c1.c1ccc2c(N(c3cccc4ccccc34)c3cc4c5ccccc5oc4c4ccccc34)cccc2c1. The van der Waals surface area contributed by atoms with Crippen LogP contribution in [0.15, 0.2) is 480 Å². The molecule has 0 aliphatic heterocycles. The second-order valence-electron chi connectivity index (χ2n) is 32.4. The Balaban J connectivity index is 0.000000106. The summed E-state index contributed by atoms with van der Waals surface area (Å²) in [6.07, 6.45) is 0. The lowest BCUT2D eigenvalue weighted by Gasteiger charge is -2.29. The van der Waals surface area contributed by atoms with E-state index in [0.29, 0.717) is 0 Å². The predicted octanol–water partition coefficient (Wildman–Crippen LogP) is 34.9. The summed E-state index contributed by atoms with van der Waals surface area (Å²) in [6, 6.07) is 167. The molecule has 26 aromatic rings. The third-order valence-electron chi connectivity index (χ3n) is 25.3. The van der Waals surface area contributed by atoms with Crippen LogP contribution in [0, 0.1) is 0 Å². The molecule has 23 aromatic carbocycles. The Labute approximate surface area is 726 Å². The van der Waals surface area contributed by atoms with E-state index in [2.05, 4.69) is 464 Å². The Morgan fingerprint density at radius 2 is 0.421 bits per heavy atom. The number of para-hydroxylation sites is 3. The zero-order valence-corrected chi connectivity index (χ0v) is 68.5. The average molecular weight is 1610 g/mol. The second-order valence-corrected chi connectivity index (χ2v) is 32.4. The summed E-state index contributed by atoms with van der Waals surface area (Å²) >= 11 is 0. The molecule has 0 unspecified atom stereocenters. The first kappa shape index (κ1) is 73.1. The van der Waals surface area contributed by atoms with Gasteiger partial charge in [0.05, 0.1) is 39.8 Å². The van der Waals surface area contributed by atoms with Gasteiger partial charge in [0, 0.05) is 97.6 Å². The van der Waals surface area contributed by atoms with Gasteiger partial charge in [0.2, 0.25) is 0 Å². The Bertz CT molecular complexity index is 8680. The lowest BCUT2D eigenvalue weighted by Crippen LogP contribution is -2.11. The molecule has 6 heteroatoms. The van der Waals surface area contributed by atoms with Crippen LogP contribution in [0.4, 0.5) is 51.2 Å². The number of nitrogens with zero attached hydrogens (tertiary/aromatic N) is 3. The zero-order valence-electron chi connectivity index (χ0n) is 68.5. The van der Waals surface area contributed by atoms with Gasteiger partial charge in [-0.3, -0.25) is 0 Å². The molecule has 6 nitrogen and oxygen atoms in total. The van der Waals surface area contributed by atoms with Crippen molar-refractivity contribution in [2.24, 2.45) is 0 Å². The molecule has 0 atom stereocenters. The molecule has 3 heterocycles. The summed E-state index contributed by atoms with van der Waals surface area (Å²) in [7, 11) is 0. The van der Waals surface area contributed by atoms with Crippen LogP contribution in [0.3, 0.4) is 0 Å². The summed E-state index contributed by atoms with van der Waals surface area (Å²) in [5.74, 6) is 0. The Morgan fingerprint density at radius 3 is 0.841 bits per heavy atom. The fourth-order valence-electron chi connectivity index (χ4n) is 19.4. The molecule has 0 fully saturated rings. The maximum Gasteiger partial charge on any atom is 0.143 e. The van der Waals surface area contributed by atoms with Crippen LogP contribution < -0.4 is 14.7 Å². The van der Waals surface area contributed by atoms with Gasteiger partial charge in [-0.1, -0.05) is 376 Å². The van der Waals surface area contributed by atoms with Crippen LogP contribution in [0.1, 0.15) is 0 Å². The molecule has 590 valence electrons. The van der Waals surface area contributed by atoms with Gasteiger partial charge in [0.25, 0.3) is 0 Å². The number of rotatable bonds is 11. The summed E-state index contributed by atoms with van der Waals surface area (Å²) in [5, 5.41) is 28.1. The molecule has 3 aromatic heterocycles. The minimum absolute atomic E-state index is 0.904. The molecule has 0 amide bonds. The van der Waals surface area contributed by atoms with Crippen molar-refractivity contribution in [1.82, 2.24) is 0 Å². The summed E-state index contributed by atoms with van der Waals surface area (Å²) in [5.41, 5.74) is 20.5. The average Bonchev–Trinajstić information content (AvgIpc) is 1.50. The lowest BCUT2D eigenvalue weighted by atomic mass is 9.97. The summed E-state index contributed by atoms with van der Waals surface area (Å²) in [6.45, 7) is 0. The van der Waals surface area contributed by atoms with Crippen LogP contribution in [0.2, 0.25) is 0 Å². The molecule has 26 rings (SSSR count). The maximum atomic E-state index is 6.47. The first-order chi connectivity index (χ1) is 62.5. The van der Waals surface area contributed by atoms with Crippen molar-refractivity contribution in [2.75, 3.05) is 14.7 Å². The monoisotopic (exact) mass is 1610 g/mol. The quantitative estimate of drug-likeness (QED) is 0.129. The second kappa shape index (κ2) is 30.7. The van der Waals surface area contributed by atoms with Crippen LogP contribution in [0.5, 0.6) is 0 Å². The van der Waals surface area contributed by atoms with E-state index in [1.54, 1.807) is 0 Å². The smallest absolute Gasteiger partial charge is 0.143 e. The van der Waals surface area contributed by atoms with E-state index in [1.165, 1.54) is 86.9 Å². The molecule has 0 aliphatic rings. The molecule has 0 spiro atoms. The normalized spacial score (nSPS) is 11.7. The number of fused-ring (bicyclic) bond motifs is 21. The highest BCUT2D eigenvalue weighted by Gasteiger charge is 2.27. The lowest BCUT2D eigenvalue weighted by molar-refractivity contribution is 0.672. The maximum absolute atomic E-state index is 6.47. The van der Waals surface area contributed by atoms with Gasteiger partial charge >= 0.3 is 0 Å². The molecular formula is C120H77N3O3. The van der Waals surface area contributed by atoms with E-state index in [4.69, 9.17) is 13.3 Å². The zero-order chi connectivity index (χ0) is 83.1. The third kappa shape index (κ3) is 12.6. The van der Waals surface area contributed by atoms with Crippen molar-refractivity contribution in [1.29, 1.82) is 0 Å². The predicted molar refractivity (Wildman–Crippen MR) is 534 cm³/mol. The van der Waals surface area contributed by atoms with Gasteiger partial charge in [-0.05, 0) is 156 Å². The molecule has 0 aliphatic carbocycles. The molecule has 0 saturated heterocycles. The van der Waals surface area contributed by atoms with E-state index >= 15 is 0 Å². The van der Waals surface area contributed by atoms with Gasteiger partial charge in [-0.25, -0.2) is 0 Å². The van der Waals surface area contributed by atoms with Crippen molar-refractivity contribution in [2.45, 2.75) is 0 Å². The van der Waals surface area contributed by atoms with Crippen molar-refractivity contribution in [3.8, 4) is 22.3 Å². The van der Waals surface area contributed by atoms with Crippen LogP contribution in [-0.2, 0) is 0 Å². The van der Waals surface area contributed by atoms with E-state index in [0.717, 1.165) is 149 Å². The number of hydrogen-bond donors (Lipinski definition) is 0. The van der Waals surface area contributed by atoms with E-state index in [9.17, 15) is 0 Å². The minimum Gasteiger partial charge on any atom is -0.455 e. The highest BCUT2D eigenvalue weighted by Crippen LogP contribution is 2.52. The van der Waals surface area contributed by atoms with Gasteiger partial charge in [-0.15, -0.1) is 0 Å². The molecular weight excluding hydrogens is 1530 g/mol. The van der Waals surface area contributed by atoms with Crippen LogP contribution in [-0.4, -0.2) is 0 Å². The summed E-state index contributed by atoms with van der Waals surface area (Å²) < 4.78 is 19.4. The Morgan fingerprint density at radius 1 is 0.135 bits per heavy atom. The number of anilines is 9. The molecule has 126 heavy (non-hydrogen) atoms. The van der Waals surface area contributed by atoms with Gasteiger partial charge in [0.15, 0.2) is 0 Å². The molecule has 0 N–H and O–H groups in total. The minimum atomic E-state index is 0.904.